The van der Waals surface area contributed by atoms with Gasteiger partial charge in [0.25, 0.3) is 0 Å². The summed E-state index contributed by atoms with van der Waals surface area (Å²) in [5.74, 6) is -0.113. The summed E-state index contributed by atoms with van der Waals surface area (Å²) in [6.07, 6.45) is 0.107. The van der Waals surface area contributed by atoms with Crippen LogP contribution in [0.5, 0.6) is 11.8 Å². The van der Waals surface area contributed by atoms with Crippen molar-refractivity contribution in [2.24, 2.45) is 0 Å². The van der Waals surface area contributed by atoms with Gasteiger partial charge in [-0.05, 0) is 0 Å². The number of nitrogens with zero attached hydrogens (tertiary/aromatic N) is 2. The van der Waals surface area contributed by atoms with E-state index in [-0.39, 0.29) is 18.2 Å². The fourth-order valence-electron chi connectivity index (χ4n) is 0.727. The topological polar surface area (TPSA) is 69.2 Å². The van der Waals surface area contributed by atoms with E-state index >= 15 is 0 Å². The van der Waals surface area contributed by atoms with Crippen molar-refractivity contribution in [1.29, 1.82) is 5.26 Å². The van der Waals surface area contributed by atoms with Crippen molar-refractivity contribution in [1.82, 2.24) is 2.78 Å². The third kappa shape index (κ3) is 1.40. The van der Waals surface area contributed by atoms with Gasteiger partial charge < -0.3 is 10.2 Å². The zero-order valence-electron chi connectivity index (χ0n) is 5.45. The van der Waals surface area contributed by atoms with Gasteiger partial charge in [-0.3, -0.25) is 0 Å². The molecule has 0 amide bonds. The normalized spacial score (nSPS) is 9.45. The lowest BCUT2D eigenvalue weighted by molar-refractivity contribution is 0.419. The number of hydrogen-bond donors (Lipinski definition) is 2. The minimum Gasteiger partial charge on any atom is -0.494 e. The predicted molar refractivity (Wildman–Crippen MR) is 46.5 cm³/mol. The van der Waals surface area contributed by atoms with Crippen LogP contribution in [0, 0.1) is 11.3 Å². The molecular formula is C6H5IN2O2. The molecule has 0 saturated carbocycles. The van der Waals surface area contributed by atoms with Crippen LogP contribution in [0.2, 0.25) is 0 Å². The van der Waals surface area contributed by atoms with E-state index in [9.17, 15) is 5.11 Å². The molecule has 1 rings (SSSR count). The molecule has 58 valence electrons. The highest BCUT2D eigenvalue weighted by atomic mass is 127. The molecule has 1 heterocycles. The molecule has 0 radical (unpaired) electrons. The minimum absolute atomic E-state index is 0.0478. The van der Waals surface area contributed by atoms with Crippen LogP contribution >= 0.6 is 22.9 Å². The summed E-state index contributed by atoms with van der Waals surface area (Å²) in [6, 6.07) is 3.24. The molecule has 0 spiro atoms. The van der Waals surface area contributed by atoms with Crippen molar-refractivity contribution in [2.45, 2.75) is 6.42 Å². The van der Waals surface area contributed by atoms with Gasteiger partial charge in [0.1, 0.15) is 0 Å². The number of aromatic hydroxyl groups is 2. The van der Waals surface area contributed by atoms with E-state index in [1.165, 1.54) is 8.85 Å². The lowest BCUT2D eigenvalue weighted by Gasteiger charge is -1.92. The Kier molecular flexibility index (Phi) is 2.24. The van der Waals surface area contributed by atoms with Crippen LogP contribution in [0.25, 0.3) is 0 Å². The quantitative estimate of drug-likeness (QED) is 0.748. The zero-order valence-corrected chi connectivity index (χ0v) is 7.61. The Morgan fingerprint density at radius 2 is 2.27 bits per heavy atom. The number of hydrogen-bond acceptors (Lipinski definition) is 3. The molecule has 0 aliphatic rings. The van der Waals surface area contributed by atoms with Crippen LogP contribution in [0.4, 0.5) is 0 Å². The smallest absolute Gasteiger partial charge is 0.207 e. The summed E-state index contributed by atoms with van der Waals surface area (Å²) in [5, 5.41) is 26.5. The number of rotatable bonds is 1. The van der Waals surface area contributed by atoms with E-state index in [0.717, 1.165) is 0 Å². The second-order valence-electron chi connectivity index (χ2n) is 1.97. The number of halogens is 1. The average molecular weight is 264 g/mol. The second kappa shape index (κ2) is 3.00. The van der Waals surface area contributed by atoms with Crippen molar-refractivity contribution < 1.29 is 10.2 Å². The van der Waals surface area contributed by atoms with Gasteiger partial charge in [0.05, 0.1) is 35.4 Å². The molecule has 1 aromatic heterocycles. The van der Waals surface area contributed by atoms with Gasteiger partial charge in [-0.2, -0.15) is 5.26 Å². The van der Waals surface area contributed by atoms with E-state index in [0.29, 0.717) is 5.56 Å². The molecule has 0 bridgehead atoms. The number of nitriles is 1. The van der Waals surface area contributed by atoms with Crippen LogP contribution in [-0.4, -0.2) is 13.0 Å². The first kappa shape index (κ1) is 8.20. The maximum Gasteiger partial charge on any atom is 0.207 e. The van der Waals surface area contributed by atoms with Crippen LogP contribution in [0.3, 0.4) is 0 Å². The second-order valence-corrected chi connectivity index (χ2v) is 2.93. The fourth-order valence-corrected chi connectivity index (χ4v) is 1.18. The molecule has 1 aromatic rings. The molecule has 0 aliphatic carbocycles. The van der Waals surface area contributed by atoms with Crippen LogP contribution < -0.4 is 0 Å². The van der Waals surface area contributed by atoms with Crippen molar-refractivity contribution in [2.75, 3.05) is 0 Å². The Morgan fingerprint density at radius 1 is 1.64 bits per heavy atom. The summed E-state index contributed by atoms with van der Waals surface area (Å²) >= 11 is 1.74. The first-order valence-electron chi connectivity index (χ1n) is 2.82. The Balaban J connectivity index is 3.10. The van der Waals surface area contributed by atoms with Crippen LogP contribution in [0.1, 0.15) is 5.56 Å². The molecule has 0 unspecified atom stereocenters. The molecule has 4 nitrogen and oxygen atoms in total. The lowest BCUT2D eigenvalue weighted by atomic mass is 10.2. The van der Waals surface area contributed by atoms with E-state index in [4.69, 9.17) is 10.4 Å². The van der Waals surface area contributed by atoms with Gasteiger partial charge in [0.2, 0.25) is 11.8 Å². The van der Waals surface area contributed by atoms with E-state index in [1.54, 1.807) is 22.9 Å². The summed E-state index contributed by atoms with van der Waals surface area (Å²) < 4.78 is 1.18. The maximum atomic E-state index is 9.19. The summed E-state index contributed by atoms with van der Waals surface area (Å²) in [6.45, 7) is 0. The number of aromatic nitrogens is 1. The first-order valence-corrected chi connectivity index (χ1v) is 3.79. The molecule has 0 saturated heterocycles. The van der Waals surface area contributed by atoms with Crippen molar-refractivity contribution in [3.63, 3.8) is 0 Å². The minimum atomic E-state index is -0.0651. The Bertz CT molecular complexity index is 313. The average Bonchev–Trinajstić information content (AvgIpc) is 2.19. The molecule has 5 heteroatoms. The first-order chi connectivity index (χ1) is 5.16. The molecule has 2 N–H and O–H groups in total. The summed E-state index contributed by atoms with van der Waals surface area (Å²) in [7, 11) is 0. The lowest BCUT2D eigenvalue weighted by Crippen LogP contribution is -1.79. The van der Waals surface area contributed by atoms with Gasteiger partial charge >= 0.3 is 0 Å². The standard InChI is InChI=1S/C6H5IN2O2/c7-9-5(10)3-4(1-2-8)6(9)11/h3,10-11H,1H2. The van der Waals surface area contributed by atoms with E-state index in [1.807, 2.05) is 6.07 Å². The largest absolute Gasteiger partial charge is 0.494 e. The van der Waals surface area contributed by atoms with E-state index < -0.39 is 0 Å². The molecule has 0 aliphatic heterocycles. The Labute approximate surface area is 77.2 Å². The van der Waals surface area contributed by atoms with E-state index in [2.05, 4.69) is 0 Å². The van der Waals surface area contributed by atoms with Crippen molar-refractivity contribution in [3.05, 3.63) is 11.6 Å². The van der Waals surface area contributed by atoms with Gasteiger partial charge in [-0.1, -0.05) is 0 Å². The monoisotopic (exact) mass is 264 g/mol. The van der Waals surface area contributed by atoms with Crippen molar-refractivity contribution >= 4 is 22.9 Å². The van der Waals surface area contributed by atoms with Crippen LogP contribution in [0.15, 0.2) is 6.07 Å². The highest BCUT2D eigenvalue weighted by molar-refractivity contribution is 14.1. The Hall–Kier alpha value is -0.900. The third-order valence-electron chi connectivity index (χ3n) is 1.25. The van der Waals surface area contributed by atoms with Gasteiger partial charge in [0.15, 0.2) is 0 Å². The Morgan fingerprint density at radius 3 is 2.64 bits per heavy atom. The van der Waals surface area contributed by atoms with Gasteiger partial charge in [0, 0.05) is 11.6 Å². The van der Waals surface area contributed by atoms with Gasteiger partial charge in [-0.15, -0.1) is 0 Å². The highest BCUT2D eigenvalue weighted by Crippen LogP contribution is 2.29. The molecular weight excluding hydrogens is 259 g/mol. The third-order valence-corrected chi connectivity index (χ3v) is 2.20. The highest BCUT2D eigenvalue weighted by Gasteiger charge is 2.10. The summed E-state index contributed by atoms with van der Waals surface area (Å²) in [4.78, 5) is 0. The van der Waals surface area contributed by atoms with Crippen LogP contribution in [-0.2, 0) is 6.42 Å². The molecule has 0 atom stereocenters. The van der Waals surface area contributed by atoms with Crippen molar-refractivity contribution in [3.8, 4) is 17.8 Å². The zero-order chi connectivity index (χ0) is 8.43. The predicted octanol–water partition coefficient (Wildman–Crippen LogP) is 1.16. The molecule has 11 heavy (non-hydrogen) atoms. The molecule has 0 fully saturated rings. The van der Waals surface area contributed by atoms with Gasteiger partial charge in [-0.25, -0.2) is 2.78 Å². The fraction of sp³-hybridized carbons (Fsp3) is 0.167. The maximum absolute atomic E-state index is 9.19. The SMILES string of the molecule is N#CCc1cc(O)n(I)c1O. The molecule has 0 aromatic carbocycles. The summed E-state index contributed by atoms with van der Waals surface area (Å²) in [5.41, 5.74) is 0.444.